The van der Waals surface area contributed by atoms with Gasteiger partial charge in [-0.15, -0.1) is 0 Å². The number of hydrogen-bond donors (Lipinski definition) is 0. The van der Waals surface area contributed by atoms with E-state index in [4.69, 9.17) is 9.97 Å². The average Bonchev–Trinajstić information content (AvgIpc) is 3.23. The van der Waals surface area contributed by atoms with E-state index >= 15 is 0 Å². The second-order valence-corrected chi connectivity index (χ2v) is 7.79. The Hall–Kier alpha value is -4.59. The minimum absolute atomic E-state index is 0.00253. The van der Waals surface area contributed by atoms with Gasteiger partial charge in [0.2, 0.25) is 5.43 Å². The second kappa shape index (κ2) is 6.96. The van der Waals surface area contributed by atoms with Crippen LogP contribution in [0, 0.1) is 10.1 Å². The summed E-state index contributed by atoms with van der Waals surface area (Å²) in [7, 11) is 0. The number of pyridine rings is 1. The molecule has 0 bridgehead atoms. The Bertz CT molecular complexity index is 1800. The Morgan fingerprint density at radius 3 is 2.30 bits per heavy atom. The van der Waals surface area contributed by atoms with E-state index in [1.807, 2.05) is 64.4 Å². The van der Waals surface area contributed by atoms with Gasteiger partial charge >= 0.3 is 0 Å². The highest BCUT2D eigenvalue weighted by molar-refractivity contribution is 6.02. The lowest BCUT2D eigenvalue weighted by atomic mass is 10.1. The Labute approximate surface area is 186 Å². The molecule has 160 valence electrons. The molecule has 8 nitrogen and oxygen atoms in total. The fourth-order valence-corrected chi connectivity index (χ4v) is 4.51. The van der Waals surface area contributed by atoms with E-state index in [-0.39, 0.29) is 11.1 Å². The molecule has 0 atom stereocenters. The lowest BCUT2D eigenvalue weighted by Gasteiger charge is -2.15. The number of imidazole rings is 1. The predicted octanol–water partition coefficient (Wildman–Crippen LogP) is 4.95. The number of fused-ring (bicyclic) bond motifs is 6. The maximum absolute atomic E-state index is 13.6. The van der Waals surface area contributed by atoms with Crippen LogP contribution in [0.2, 0.25) is 0 Å². The minimum Gasteiger partial charge on any atom is -0.325 e. The van der Waals surface area contributed by atoms with Crippen molar-refractivity contribution in [3.8, 4) is 11.4 Å². The molecule has 0 spiro atoms. The molecule has 6 aromatic rings. The molecular weight excluding hydrogens is 418 g/mol. The van der Waals surface area contributed by atoms with E-state index in [1.165, 1.54) is 12.1 Å². The van der Waals surface area contributed by atoms with Gasteiger partial charge in [0.15, 0.2) is 11.3 Å². The maximum Gasteiger partial charge on any atom is 0.269 e. The number of non-ortho nitro benzene ring substituents is 1. The first-order valence-electron chi connectivity index (χ1n) is 10.6. The fraction of sp³-hybridized carbons (Fsp3) is 0.0800. The van der Waals surface area contributed by atoms with Crippen molar-refractivity contribution in [2.75, 3.05) is 0 Å². The zero-order chi connectivity index (χ0) is 22.7. The molecular formula is C25H17N5O3. The summed E-state index contributed by atoms with van der Waals surface area (Å²) in [5.41, 5.74) is 4.00. The topological polar surface area (TPSA) is 95.3 Å². The molecule has 0 unspecified atom stereocenters. The lowest BCUT2D eigenvalue weighted by Crippen LogP contribution is -2.15. The maximum atomic E-state index is 13.6. The summed E-state index contributed by atoms with van der Waals surface area (Å²) in [6.07, 6.45) is 0. The van der Waals surface area contributed by atoms with E-state index in [0.29, 0.717) is 40.0 Å². The zero-order valence-corrected chi connectivity index (χ0v) is 17.6. The highest BCUT2D eigenvalue weighted by Crippen LogP contribution is 2.30. The average molecular weight is 435 g/mol. The van der Waals surface area contributed by atoms with Gasteiger partial charge < -0.3 is 4.57 Å². The Morgan fingerprint density at radius 1 is 0.879 bits per heavy atom. The molecule has 0 saturated carbocycles. The van der Waals surface area contributed by atoms with Crippen LogP contribution >= 0.6 is 0 Å². The third-order valence-electron chi connectivity index (χ3n) is 6.01. The smallest absolute Gasteiger partial charge is 0.269 e. The summed E-state index contributed by atoms with van der Waals surface area (Å²) in [6.45, 7) is 2.62. The van der Waals surface area contributed by atoms with E-state index in [2.05, 4.69) is 0 Å². The third kappa shape index (κ3) is 2.67. The quantitative estimate of drug-likeness (QED) is 0.223. The van der Waals surface area contributed by atoms with Gasteiger partial charge in [0.05, 0.1) is 21.5 Å². The molecule has 3 heterocycles. The van der Waals surface area contributed by atoms with Crippen molar-refractivity contribution in [3.05, 3.63) is 93.1 Å². The molecule has 0 N–H and O–H groups in total. The number of nitro benzene ring substituents is 1. The third-order valence-corrected chi connectivity index (χ3v) is 6.01. The van der Waals surface area contributed by atoms with Crippen LogP contribution in [0.3, 0.4) is 0 Å². The lowest BCUT2D eigenvalue weighted by molar-refractivity contribution is -0.384. The summed E-state index contributed by atoms with van der Waals surface area (Å²) in [5.74, 6) is 0.568. The molecule has 0 aliphatic rings. The highest BCUT2D eigenvalue weighted by atomic mass is 16.6. The molecule has 0 amide bonds. The monoisotopic (exact) mass is 435 g/mol. The molecule has 0 aliphatic carbocycles. The number of aryl methyl sites for hydroxylation is 1. The van der Waals surface area contributed by atoms with Crippen LogP contribution in [-0.2, 0) is 6.54 Å². The normalized spacial score (nSPS) is 11.7. The summed E-state index contributed by atoms with van der Waals surface area (Å²) >= 11 is 0. The van der Waals surface area contributed by atoms with Gasteiger partial charge in [0, 0.05) is 29.6 Å². The van der Waals surface area contributed by atoms with Gasteiger partial charge in [-0.3, -0.25) is 19.3 Å². The number of nitrogens with zero attached hydrogens (tertiary/aromatic N) is 5. The van der Waals surface area contributed by atoms with Crippen molar-refractivity contribution in [2.24, 2.45) is 0 Å². The SMILES string of the molecule is CCn1c2ccccc2c(=O)c2c1nc(-c1ccc([N+](=O)[O-])cc1)n1c3ccccc3nc21. The first-order valence-corrected chi connectivity index (χ1v) is 10.6. The highest BCUT2D eigenvalue weighted by Gasteiger charge is 2.21. The van der Waals surface area contributed by atoms with Gasteiger partial charge in [-0.1, -0.05) is 24.3 Å². The molecule has 33 heavy (non-hydrogen) atoms. The van der Waals surface area contributed by atoms with Crippen LogP contribution < -0.4 is 5.43 Å². The summed E-state index contributed by atoms with van der Waals surface area (Å²) in [5, 5.41) is 12.2. The summed E-state index contributed by atoms with van der Waals surface area (Å²) < 4.78 is 3.88. The van der Waals surface area contributed by atoms with Crippen molar-refractivity contribution < 1.29 is 4.92 Å². The number of aromatic nitrogens is 4. The van der Waals surface area contributed by atoms with Crippen molar-refractivity contribution in [3.63, 3.8) is 0 Å². The van der Waals surface area contributed by atoms with Gasteiger partial charge in [-0.2, -0.15) is 0 Å². The zero-order valence-electron chi connectivity index (χ0n) is 17.6. The molecule has 0 fully saturated rings. The van der Waals surface area contributed by atoms with Crippen LogP contribution in [0.15, 0.2) is 77.6 Å². The van der Waals surface area contributed by atoms with Crippen LogP contribution in [0.1, 0.15) is 6.92 Å². The molecule has 8 heteroatoms. The molecule has 3 aromatic heterocycles. The van der Waals surface area contributed by atoms with Gasteiger partial charge in [0.25, 0.3) is 5.69 Å². The number of hydrogen-bond acceptors (Lipinski definition) is 5. The van der Waals surface area contributed by atoms with Crippen LogP contribution in [0.25, 0.3) is 50.0 Å². The number of benzene rings is 3. The van der Waals surface area contributed by atoms with Crippen LogP contribution in [0.5, 0.6) is 0 Å². The number of nitro groups is 1. The number of rotatable bonds is 3. The molecule has 3 aromatic carbocycles. The Kier molecular flexibility index (Phi) is 4.03. The summed E-state index contributed by atoms with van der Waals surface area (Å²) in [6, 6.07) is 21.4. The Morgan fingerprint density at radius 2 is 1.58 bits per heavy atom. The van der Waals surface area contributed by atoms with E-state index < -0.39 is 4.92 Å². The first-order chi connectivity index (χ1) is 16.1. The molecule has 0 saturated heterocycles. The first kappa shape index (κ1) is 19.1. The van der Waals surface area contributed by atoms with E-state index in [0.717, 1.165) is 16.6 Å². The molecule has 0 radical (unpaired) electrons. The van der Waals surface area contributed by atoms with Gasteiger partial charge in [0.1, 0.15) is 11.2 Å². The van der Waals surface area contributed by atoms with E-state index in [1.54, 1.807) is 12.1 Å². The van der Waals surface area contributed by atoms with Crippen molar-refractivity contribution >= 4 is 44.3 Å². The standard InChI is InChI=1S/C25H17N5O3/c1-2-28-19-9-5-3-7-17(19)22(31)21-24(28)27-23(15-11-13-16(14-12-15)30(32)33)29-20-10-6-4-8-18(20)26-25(21)29/h3-14H,2H2,1H3. The predicted molar refractivity (Wildman–Crippen MR) is 128 cm³/mol. The largest absolute Gasteiger partial charge is 0.325 e. The van der Waals surface area contributed by atoms with Gasteiger partial charge in [-0.25, -0.2) is 9.97 Å². The number of para-hydroxylation sites is 3. The van der Waals surface area contributed by atoms with E-state index in [9.17, 15) is 14.9 Å². The fourth-order valence-electron chi connectivity index (χ4n) is 4.51. The molecule has 6 rings (SSSR count). The van der Waals surface area contributed by atoms with Crippen molar-refractivity contribution in [2.45, 2.75) is 13.5 Å². The van der Waals surface area contributed by atoms with Crippen molar-refractivity contribution in [1.82, 2.24) is 18.9 Å². The van der Waals surface area contributed by atoms with Crippen LogP contribution in [0.4, 0.5) is 5.69 Å². The van der Waals surface area contributed by atoms with Gasteiger partial charge in [-0.05, 0) is 43.3 Å². The Balaban J connectivity index is 1.86. The molecule has 0 aliphatic heterocycles. The second-order valence-electron chi connectivity index (χ2n) is 7.79. The summed E-state index contributed by atoms with van der Waals surface area (Å²) in [4.78, 5) is 34.1. The minimum atomic E-state index is -0.430. The van der Waals surface area contributed by atoms with Crippen LogP contribution in [-0.4, -0.2) is 23.9 Å². The van der Waals surface area contributed by atoms with Crippen molar-refractivity contribution in [1.29, 1.82) is 0 Å².